The van der Waals surface area contributed by atoms with E-state index in [2.05, 4.69) is 0 Å². The van der Waals surface area contributed by atoms with Gasteiger partial charge in [-0.3, -0.25) is 4.79 Å². The molecule has 2 aromatic rings. The number of halogens is 6. The molecule has 8 heteroatoms. The minimum atomic E-state index is -4.69. The quantitative estimate of drug-likeness (QED) is 0.382. The van der Waals surface area contributed by atoms with Crippen molar-refractivity contribution in [2.24, 2.45) is 17.3 Å². The number of hydrogen-bond donors (Lipinski definition) is 0. The molecule has 0 radical (unpaired) electrons. The van der Waals surface area contributed by atoms with E-state index in [-0.39, 0.29) is 11.1 Å². The van der Waals surface area contributed by atoms with Gasteiger partial charge in [0.05, 0.1) is 5.92 Å². The molecule has 1 saturated carbocycles. The van der Waals surface area contributed by atoms with Crippen molar-refractivity contribution in [3.8, 4) is 11.1 Å². The number of rotatable bonds is 5. The fourth-order valence-electron chi connectivity index (χ4n) is 3.50. The lowest BCUT2D eigenvalue weighted by atomic mass is 10.0. The zero-order valence-electron chi connectivity index (χ0n) is 16.1. The summed E-state index contributed by atoms with van der Waals surface area (Å²) >= 11 is 5.28. The summed E-state index contributed by atoms with van der Waals surface area (Å²) in [7, 11) is 0. The summed E-state index contributed by atoms with van der Waals surface area (Å²) in [5, 5.41) is -1.29. The predicted octanol–water partition coefficient (Wildman–Crippen LogP) is 6.63. The van der Waals surface area contributed by atoms with E-state index in [1.807, 2.05) is 0 Å². The highest BCUT2D eigenvalue weighted by Crippen LogP contribution is 2.60. The van der Waals surface area contributed by atoms with Crippen LogP contribution in [0.15, 0.2) is 53.6 Å². The monoisotopic (exact) mass is 444 g/mol. The molecule has 0 aromatic heterocycles. The number of carbonyl (C=O) groups is 1. The number of benzene rings is 2. The van der Waals surface area contributed by atoms with E-state index in [4.69, 9.17) is 16.3 Å². The molecule has 0 aliphatic heterocycles. The Morgan fingerprint density at radius 3 is 2.47 bits per heavy atom. The molecular weight excluding hydrogens is 427 g/mol. The van der Waals surface area contributed by atoms with E-state index in [1.165, 1.54) is 30.3 Å². The molecule has 1 aliphatic rings. The lowest BCUT2D eigenvalue weighted by Crippen LogP contribution is -2.11. The van der Waals surface area contributed by atoms with Crippen LogP contribution >= 0.6 is 11.6 Å². The summed E-state index contributed by atoms with van der Waals surface area (Å²) in [5.41, 5.74) is -0.211. The average molecular weight is 445 g/mol. The fourth-order valence-corrected chi connectivity index (χ4v) is 3.64. The van der Waals surface area contributed by atoms with Crippen molar-refractivity contribution < 1.29 is 31.5 Å². The molecule has 30 heavy (non-hydrogen) atoms. The first-order valence-corrected chi connectivity index (χ1v) is 9.45. The molecule has 160 valence electrons. The third-order valence-corrected chi connectivity index (χ3v) is 5.69. The molecule has 0 amide bonds. The number of alkyl halides is 3. The largest absolute Gasteiger partial charge is 0.460 e. The Labute approximate surface area is 175 Å². The summed E-state index contributed by atoms with van der Waals surface area (Å²) in [6.07, 6.45) is -3.87. The number of carbonyl (C=O) groups excluding carboxylic acids is 1. The van der Waals surface area contributed by atoms with Gasteiger partial charge in [0.25, 0.3) is 0 Å². The van der Waals surface area contributed by atoms with Crippen LogP contribution in [0.1, 0.15) is 19.4 Å². The molecule has 0 bridgehead atoms. The Kier molecular flexibility index (Phi) is 5.96. The van der Waals surface area contributed by atoms with Crippen LogP contribution in [0.4, 0.5) is 22.0 Å². The maximum atomic E-state index is 14.8. The minimum absolute atomic E-state index is 0.0731. The van der Waals surface area contributed by atoms with Gasteiger partial charge in [-0.25, -0.2) is 8.78 Å². The Morgan fingerprint density at radius 1 is 1.17 bits per heavy atom. The molecule has 3 rings (SSSR count). The van der Waals surface area contributed by atoms with Gasteiger partial charge in [-0.1, -0.05) is 61.9 Å². The van der Waals surface area contributed by atoms with Gasteiger partial charge in [0.15, 0.2) is 0 Å². The summed E-state index contributed by atoms with van der Waals surface area (Å²) in [4.78, 5) is 12.4. The predicted molar refractivity (Wildman–Crippen MR) is 102 cm³/mol. The van der Waals surface area contributed by atoms with Crippen molar-refractivity contribution in [2.45, 2.75) is 26.6 Å². The van der Waals surface area contributed by atoms with Crippen molar-refractivity contribution in [1.29, 1.82) is 0 Å². The summed E-state index contributed by atoms with van der Waals surface area (Å²) in [6, 6.07) is 9.85. The number of allylic oxidation sites excluding steroid dienone is 2. The van der Waals surface area contributed by atoms with E-state index < -0.39 is 52.7 Å². The van der Waals surface area contributed by atoms with Crippen LogP contribution in [0.5, 0.6) is 0 Å². The van der Waals surface area contributed by atoms with Crippen LogP contribution in [-0.2, 0) is 16.1 Å². The molecule has 0 N–H and O–H groups in total. The smallest absolute Gasteiger partial charge is 0.426 e. The Balaban J connectivity index is 1.72. The van der Waals surface area contributed by atoms with Gasteiger partial charge in [-0.15, -0.1) is 0 Å². The van der Waals surface area contributed by atoms with Gasteiger partial charge in [-0.05, 0) is 29.0 Å². The van der Waals surface area contributed by atoms with Crippen LogP contribution in [0.2, 0.25) is 0 Å². The molecule has 0 spiro atoms. The third kappa shape index (κ3) is 4.51. The normalized spacial score (nSPS) is 20.7. The van der Waals surface area contributed by atoms with E-state index in [1.54, 1.807) is 26.0 Å². The van der Waals surface area contributed by atoms with Crippen LogP contribution in [0, 0.1) is 28.9 Å². The first-order valence-electron chi connectivity index (χ1n) is 9.07. The average Bonchev–Trinajstić information content (AvgIpc) is 3.20. The Bertz CT molecular complexity index is 997. The molecule has 2 nitrogen and oxygen atoms in total. The second-order valence-corrected chi connectivity index (χ2v) is 8.14. The van der Waals surface area contributed by atoms with Crippen molar-refractivity contribution in [2.75, 3.05) is 0 Å². The molecule has 0 heterocycles. The van der Waals surface area contributed by atoms with Gasteiger partial charge >= 0.3 is 12.1 Å². The summed E-state index contributed by atoms with van der Waals surface area (Å²) in [5.74, 6) is -3.46. The van der Waals surface area contributed by atoms with Gasteiger partial charge in [0, 0.05) is 11.1 Å². The lowest BCUT2D eigenvalue weighted by Gasteiger charge is -2.10. The number of esters is 1. The maximum Gasteiger partial charge on any atom is 0.426 e. The van der Waals surface area contributed by atoms with E-state index in [9.17, 15) is 26.7 Å². The second kappa shape index (κ2) is 8.02. The van der Waals surface area contributed by atoms with Gasteiger partial charge in [0.2, 0.25) is 0 Å². The van der Waals surface area contributed by atoms with Crippen molar-refractivity contribution >= 4 is 17.6 Å². The SMILES string of the molecule is CC1(C)C(C=C(Cl)C(F)(F)F)C1C(=O)OCc1cccc(-c2cccc(F)c2)c1F. The van der Waals surface area contributed by atoms with Crippen molar-refractivity contribution in [1.82, 2.24) is 0 Å². The van der Waals surface area contributed by atoms with Crippen LogP contribution in [0.3, 0.4) is 0 Å². The second-order valence-electron chi connectivity index (χ2n) is 7.73. The van der Waals surface area contributed by atoms with Gasteiger partial charge < -0.3 is 4.74 Å². The zero-order chi connectivity index (χ0) is 22.3. The molecule has 2 atom stereocenters. The number of hydrogen-bond acceptors (Lipinski definition) is 2. The zero-order valence-corrected chi connectivity index (χ0v) is 16.8. The third-order valence-electron chi connectivity index (χ3n) is 5.35. The summed E-state index contributed by atoms with van der Waals surface area (Å²) in [6.45, 7) is 2.86. The molecule has 0 saturated heterocycles. The minimum Gasteiger partial charge on any atom is -0.460 e. The fraction of sp³-hybridized carbons (Fsp3) is 0.318. The van der Waals surface area contributed by atoms with E-state index in [0.717, 1.165) is 6.08 Å². The van der Waals surface area contributed by atoms with Gasteiger partial charge in [0.1, 0.15) is 23.3 Å². The van der Waals surface area contributed by atoms with E-state index in [0.29, 0.717) is 5.56 Å². The highest BCUT2D eigenvalue weighted by Gasteiger charge is 2.62. The van der Waals surface area contributed by atoms with Crippen molar-refractivity contribution in [3.63, 3.8) is 0 Å². The first-order chi connectivity index (χ1) is 13.9. The highest BCUT2D eigenvalue weighted by molar-refractivity contribution is 6.30. The molecule has 2 unspecified atom stereocenters. The molecule has 2 aromatic carbocycles. The lowest BCUT2D eigenvalue weighted by molar-refractivity contribution is -0.147. The molecule has 1 aliphatic carbocycles. The molecule has 1 fully saturated rings. The van der Waals surface area contributed by atoms with Crippen LogP contribution in [-0.4, -0.2) is 12.1 Å². The van der Waals surface area contributed by atoms with Crippen LogP contribution in [0.25, 0.3) is 11.1 Å². The van der Waals surface area contributed by atoms with Crippen molar-refractivity contribution in [3.05, 3.63) is 70.8 Å². The number of ether oxygens (including phenoxy) is 1. The topological polar surface area (TPSA) is 26.3 Å². The highest BCUT2D eigenvalue weighted by atomic mass is 35.5. The van der Waals surface area contributed by atoms with Gasteiger partial charge in [-0.2, -0.15) is 13.2 Å². The maximum absolute atomic E-state index is 14.8. The first kappa shape index (κ1) is 22.3. The van der Waals surface area contributed by atoms with E-state index >= 15 is 0 Å². The molecular formula is C22H18ClF5O2. The Morgan fingerprint density at radius 2 is 1.83 bits per heavy atom. The summed E-state index contributed by atoms with van der Waals surface area (Å²) < 4.78 is 71.4. The standard InChI is InChI=1S/C22H18ClF5O2/c1-21(2)16(10-17(23)22(26,27)28)18(21)20(29)30-11-13-6-4-8-15(19(13)25)12-5-3-7-14(24)9-12/h3-10,16,18H,11H2,1-2H3. The Hall–Kier alpha value is -2.41. The van der Waals surface area contributed by atoms with Crippen LogP contribution < -0.4 is 0 Å².